The number of carbonyl (C=O) groups is 1. The van der Waals surface area contributed by atoms with Crippen LogP contribution in [-0.2, 0) is 11.3 Å². The van der Waals surface area contributed by atoms with E-state index in [0.717, 1.165) is 22.7 Å². The van der Waals surface area contributed by atoms with Gasteiger partial charge >= 0.3 is 11.7 Å². The molecule has 1 aromatic heterocycles. The predicted molar refractivity (Wildman–Crippen MR) is 96.7 cm³/mol. The number of halogens is 1. The van der Waals surface area contributed by atoms with E-state index in [9.17, 15) is 14.9 Å². The molecule has 0 amide bonds. The zero-order valence-electron chi connectivity index (χ0n) is 13.8. The second kappa shape index (κ2) is 7.45. The summed E-state index contributed by atoms with van der Waals surface area (Å²) >= 11 is 5.96. The smallest absolute Gasteiger partial charge is 0.338 e. The van der Waals surface area contributed by atoms with Gasteiger partial charge in [0.25, 0.3) is 0 Å². The fourth-order valence-corrected chi connectivity index (χ4v) is 2.70. The first-order valence-electron chi connectivity index (χ1n) is 7.83. The molecule has 0 fully saturated rings. The SMILES string of the molecule is CCOC(=O)c1ccc(OCc2cc3cc(Cl)ccc3[nH]2)c([N+](=O)[O-])c1. The molecule has 0 saturated heterocycles. The lowest BCUT2D eigenvalue weighted by Crippen LogP contribution is -2.06. The Morgan fingerprint density at radius 1 is 1.23 bits per heavy atom. The van der Waals surface area contributed by atoms with Crippen LogP contribution in [0.3, 0.4) is 0 Å². The van der Waals surface area contributed by atoms with Crippen LogP contribution in [0.1, 0.15) is 23.0 Å². The molecule has 3 rings (SSSR count). The molecule has 7 nitrogen and oxygen atoms in total. The zero-order valence-corrected chi connectivity index (χ0v) is 14.6. The Kier molecular flexibility index (Phi) is 5.09. The van der Waals surface area contributed by atoms with Gasteiger partial charge in [-0.15, -0.1) is 0 Å². The second-order valence-corrected chi connectivity index (χ2v) is 5.91. The maximum atomic E-state index is 11.7. The normalized spacial score (nSPS) is 10.7. The second-order valence-electron chi connectivity index (χ2n) is 5.47. The monoisotopic (exact) mass is 374 g/mol. The maximum Gasteiger partial charge on any atom is 0.338 e. The highest BCUT2D eigenvalue weighted by molar-refractivity contribution is 6.31. The van der Waals surface area contributed by atoms with Gasteiger partial charge in [-0.1, -0.05) is 11.6 Å². The van der Waals surface area contributed by atoms with E-state index in [1.807, 2.05) is 18.2 Å². The molecule has 3 aromatic rings. The molecule has 0 aliphatic carbocycles. The van der Waals surface area contributed by atoms with Crippen molar-refractivity contribution in [2.45, 2.75) is 13.5 Å². The summed E-state index contributed by atoms with van der Waals surface area (Å²) in [5, 5.41) is 12.8. The van der Waals surface area contributed by atoms with Gasteiger partial charge in [-0.25, -0.2) is 4.79 Å². The Morgan fingerprint density at radius 2 is 2.04 bits per heavy atom. The van der Waals surface area contributed by atoms with Crippen LogP contribution in [0.25, 0.3) is 10.9 Å². The summed E-state index contributed by atoms with van der Waals surface area (Å²) in [6.45, 7) is 1.96. The minimum atomic E-state index is -0.616. The van der Waals surface area contributed by atoms with E-state index in [-0.39, 0.29) is 30.2 Å². The van der Waals surface area contributed by atoms with Crippen LogP contribution in [0.2, 0.25) is 5.02 Å². The number of rotatable bonds is 6. The standard InChI is InChI=1S/C18H15ClN2O5/c1-2-25-18(22)11-3-6-17(16(9-11)21(23)24)26-10-14-8-12-7-13(19)4-5-15(12)20-14/h3-9,20H,2,10H2,1H3. The van der Waals surface area contributed by atoms with Gasteiger partial charge in [-0.2, -0.15) is 0 Å². The highest BCUT2D eigenvalue weighted by atomic mass is 35.5. The van der Waals surface area contributed by atoms with Crippen LogP contribution in [0.15, 0.2) is 42.5 Å². The summed E-state index contributed by atoms with van der Waals surface area (Å²) in [6.07, 6.45) is 0. The fraction of sp³-hybridized carbons (Fsp3) is 0.167. The van der Waals surface area contributed by atoms with E-state index >= 15 is 0 Å². The fourth-order valence-electron chi connectivity index (χ4n) is 2.52. The van der Waals surface area contributed by atoms with Gasteiger partial charge in [0.2, 0.25) is 0 Å². The molecule has 0 unspecified atom stereocenters. The van der Waals surface area contributed by atoms with Crippen LogP contribution in [-0.4, -0.2) is 22.5 Å². The number of fused-ring (bicyclic) bond motifs is 1. The molecule has 0 bridgehead atoms. The molecule has 1 heterocycles. The molecule has 8 heteroatoms. The number of esters is 1. The first-order chi connectivity index (χ1) is 12.5. The molecule has 0 aliphatic heterocycles. The lowest BCUT2D eigenvalue weighted by Gasteiger charge is -2.07. The van der Waals surface area contributed by atoms with E-state index < -0.39 is 10.9 Å². The third-order valence-corrected chi connectivity index (χ3v) is 3.92. The average Bonchev–Trinajstić information content (AvgIpc) is 3.01. The van der Waals surface area contributed by atoms with Crippen LogP contribution in [0, 0.1) is 10.1 Å². The van der Waals surface area contributed by atoms with Crippen molar-refractivity contribution in [2.24, 2.45) is 0 Å². The van der Waals surface area contributed by atoms with Crippen molar-refractivity contribution >= 4 is 34.2 Å². The Morgan fingerprint density at radius 3 is 2.77 bits per heavy atom. The first-order valence-corrected chi connectivity index (χ1v) is 8.21. The molecule has 134 valence electrons. The van der Waals surface area contributed by atoms with Gasteiger partial charge in [0.1, 0.15) is 6.61 Å². The summed E-state index contributed by atoms with van der Waals surface area (Å²) < 4.78 is 10.4. The summed E-state index contributed by atoms with van der Waals surface area (Å²) in [5.41, 5.74) is 1.44. The van der Waals surface area contributed by atoms with Gasteiger partial charge in [0.05, 0.1) is 22.8 Å². The van der Waals surface area contributed by atoms with Crippen molar-refractivity contribution in [1.29, 1.82) is 0 Å². The summed E-state index contributed by atoms with van der Waals surface area (Å²) in [6, 6.07) is 11.3. The van der Waals surface area contributed by atoms with Crippen LogP contribution >= 0.6 is 11.6 Å². The van der Waals surface area contributed by atoms with E-state index in [0.29, 0.717) is 5.02 Å². The van der Waals surface area contributed by atoms with Gasteiger partial charge < -0.3 is 14.5 Å². The Bertz CT molecular complexity index is 983. The maximum absolute atomic E-state index is 11.7. The van der Waals surface area contributed by atoms with Crippen molar-refractivity contribution < 1.29 is 19.2 Å². The number of ether oxygens (including phenoxy) is 2. The third-order valence-electron chi connectivity index (χ3n) is 3.69. The number of H-pyrrole nitrogens is 1. The largest absolute Gasteiger partial charge is 0.480 e. The Balaban J connectivity index is 1.81. The number of benzene rings is 2. The summed E-state index contributed by atoms with van der Waals surface area (Å²) in [5.74, 6) is -0.547. The van der Waals surface area contributed by atoms with E-state index in [4.69, 9.17) is 21.1 Å². The topological polar surface area (TPSA) is 94.5 Å². The number of aromatic amines is 1. The molecular formula is C18H15ClN2O5. The number of nitro groups is 1. The number of nitrogens with zero attached hydrogens (tertiary/aromatic N) is 1. The van der Waals surface area contributed by atoms with E-state index in [1.54, 1.807) is 13.0 Å². The van der Waals surface area contributed by atoms with Crippen LogP contribution in [0.4, 0.5) is 5.69 Å². The van der Waals surface area contributed by atoms with Crippen LogP contribution in [0.5, 0.6) is 5.75 Å². The Labute approximate surface area is 153 Å². The molecule has 1 N–H and O–H groups in total. The number of carbonyl (C=O) groups excluding carboxylic acids is 1. The predicted octanol–water partition coefficient (Wildman–Crippen LogP) is 4.49. The van der Waals surface area contributed by atoms with E-state index in [2.05, 4.69) is 4.98 Å². The molecule has 0 radical (unpaired) electrons. The highest BCUT2D eigenvalue weighted by Crippen LogP contribution is 2.29. The number of nitro benzene ring substituents is 1. The van der Waals surface area contributed by atoms with Crippen molar-refractivity contribution in [2.75, 3.05) is 6.61 Å². The number of aromatic nitrogens is 1. The molecule has 0 saturated carbocycles. The number of hydrogen-bond acceptors (Lipinski definition) is 5. The molecular weight excluding hydrogens is 360 g/mol. The average molecular weight is 375 g/mol. The third kappa shape index (κ3) is 3.78. The van der Waals surface area contributed by atoms with Gasteiger partial charge in [-0.05, 0) is 43.3 Å². The Hall–Kier alpha value is -3.06. The number of hydrogen-bond donors (Lipinski definition) is 1. The molecule has 0 spiro atoms. The van der Waals surface area contributed by atoms with Crippen molar-refractivity contribution in [3.8, 4) is 5.75 Å². The van der Waals surface area contributed by atoms with E-state index in [1.165, 1.54) is 12.1 Å². The van der Waals surface area contributed by atoms with Crippen molar-refractivity contribution in [1.82, 2.24) is 4.98 Å². The van der Waals surface area contributed by atoms with Crippen molar-refractivity contribution in [3.63, 3.8) is 0 Å². The van der Waals surface area contributed by atoms with Gasteiger partial charge in [-0.3, -0.25) is 10.1 Å². The highest BCUT2D eigenvalue weighted by Gasteiger charge is 2.19. The zero-order chi connectivity index (χ0) is 18.7. The minimum Gasteiger partial charge on any atom is -0.480 e. The molecule has 0 atom stereocenters. The lowest BCUT2D eigenvalue weighted by atomic mass is 10.2. The van der Waals surface area contributed by atoms with Crippen molar-refractivity contribution in [3.05, 3.63) is 68.9 Å². The summed E-state index contributed by atoms with van der Waals surface area (Å²) in [4.78, 5) is 25.6. The molecule has 0 aliphatic rings. The quantitative estimate of drug-likeness (QED) is 0.390. The van der Waals surface area contributed by atoms with Gasteiger partial charge in [0, 0.05) is 22.0 Å². The van der Waals surface area contributed by atoms with Crippen LogP contribution < -0.4 is 4.74 Å². The lowest BCUT2D eigenvalue weighted by molar-refractivity contribution is -0.386. The summed E-state index contributed by atoms with van der Waals surface area (Å²) in [7, 11) is 0. The molecule has 2 aromatic carbocycles. The number of nitrogens with one attached hydrogen (secondary N) is 1. The minimum absolute atomic E-state index is 0.0692. The van der Waals surface area contributed by atoms with Gasteiger partial charge in [0.15, 0.2) is 5.75 Å². The molecule has 26 heavy (non-hydrogen) atoms. The first kappa shape index (κ1) is 17.8.